The first-order valence-electron chi connectivity index (χ1n) is 7.12. The van der Waals surface area contributed by atoms with Crippen molar-refractivity contribution in [3.63, 3.8) is 0 Å². The van der Waals surface area contributed by atoms with Gasteiger partial charge in [-0.1, -0.05) is 29.3 Å². The average molecular weight is 370 g/mol. The monoisotopic (exact) mass is 369 g/mol. The van der Waals surface area contributed by atoms with Crippen molar-refractivity contribution in [2.75, 3.05) is 17.7 Å². The number of aromatic nitrogens is 2. The fraction of sp³-hybridized carbons (Fsp3) is 0.267. The number of rotatable bonds is 6. The van der Waals surface area contributed by atoms with E-state index in [9.17, 15) is 4.79 Å². The Morgan fingerprint density at radius 1 is 1.46 bits per heavy atom. The zero-order valence-electron chi connectivity index (χ0n) is 12.9. The molecule has 1 heterocycles. The molecular weight excluding hydrogens is 353 g/mol. The Bertz CT molecular complexity index is 807. The van der Waals surface area contributed by atoms with Crippen molar-refractivity contribution in [2.24, 2.45) is 4.99 Å². The van der Waals surface area contributed by atoms with Crippen molar-refractivity contribution < 1.29 is 5.11 Å². The Balaban J connectivity index is 2.18. The maximum Gasteiger partial charge on any atom is 0.276 e. The quantitative estimate of drug-likeness (QED) is 0.581. The lowest BCUT2D eigenvalue weighted by Gasteiger charge is -2.08. The second kappa shape index (κ2) is 8.14. The van der Waals surface area contributed by atoms with Gasteiger partial charge in [-0.3, -0.25) is 14.8 Å². The summed E-state index contributed by atoms with van der Waals surface area (Å²) in [4.78, 5) is 22.7. The summed E-state index contributed by atoms with van der Waals surface area (Å²) in [5.41, 5.74) is 6.29. The van der Waals surface area contributed by atoms with Crippen LogP contribution in [-0.2, 0) is 6.54 Å². The van der Waals surface area contributed by atoms with Crippen LogP contribution in [0.4, 0.5) is 11.6 Å². The van der Waals surface area contributed by atoms with Gasteiger partial charge in [0, 0.05) is 12.8 Å². The Hall–Kier alpha value is -2.09. The number of aromatic amines is 1. The molecule has 128 valence electrons. The maximum atomic E-state index is 11.9. The van der Waals surface area contributed by atoms with Gasteiger partial charge in [-0.05, 0) is 24.6 Å². The molecule has 0 radical (unpaired) electrons. The van der Waals surface area contributed by atoms with Gasteiger partial charge in [0.1, 0.15) is 11.4 Å². The summed E-state index contributed by atoms with van der Waals surface area (Å²) in [6.07, 6.45) is 1.37. The van der Waals surface area contributed by atoms with Crippen LogP contribution in [0.3, 0.4) is 0 Å². The number of anilines is 2. The summed E-state index contributed by atoms with van der Waals surface area (Å²) in [6.45, 7) is 2.00. The molecule has 0 aliphatic carbocycles. The molecule has 0 saturated heterocycles. The van der Waals surface area contributed by atoms with E-state index in [1.54, 1.807) is 19.1 Å². The SMILES string of the molecule is CC(CO)N=Cc1nc(NCc2ccc(Cl)c(Cl)c2)[nH]c(=O)c1N. The summed E-state index contributed by atoms with van der Waals surface area (Å²) in [6, 6.07) is 4.91. The number of hydrogen-bond donors (Lipinski definition) is 4. The molecule has 7 nitrogen and oxygen atoms in total. The molecule has 24 heavy (non-hydrogen) atoms. The van der Waals surface area contributed by atoms with Crippen LogP contribution in [0.1, 0.15) is 18.2 Å². The van der Waals surface area contributed by atoms with Crippen molar-refractivity contribution in [1.82, 2.24) is 9.97 Å². The van der Waals surface area contributed by atoms with Crippen LogP contribution in [0, 0.1) is 0 Å². The molecule has 0 aliphatic rings. The third kappa shape index (κ3) is 4.70. The number of aliphatic hydroxyl groups is 1. The highest BCUT2D eigenvalue weighted by atomic mass is 35.5. The third-order valence-corrected chi connectivity index (χ3v) is 3.88. The first kappa shape index (κ1) is 18.3. The molecule has 2 aromatic rings. The number of nitrogens with one attached hydrogen (secondary N) is 2. The predicted octanol–water partition coefficient (Wildman–Crippen LogP) is 2.07. The fourth-order valence-electron chi connectivity index (χ4n) is 1.76. The Morgan fingerprint density at radius 2 is 2.21 bits per heavy atom. The summed E-state index contributed by atoms with van der Waals surface area (Å²) in [7, 11) is 0. The van der Waals surface area contributed by atoms with E-state index in [0.717, 1.165) is 5.56 Å². The average Bonchev–Trinajstić information content (AvgIpc) is 2.57. The van der Waals surface area contributed by atoms with Crippen LogP contribution >= 0.6 is 23.2 Å². The van der Waals surface area contributed by atoms with Crippen LogP contribution in [0.25, 0.3) is 0 Å². The van der Waals surface area contributed by atoms with Crippen LogP contribution in [-0.4, -0.2) is 33.9 Å². The van der Waals surface area contributed by atoms with Gasteiger partial charge < -0.3 is 16.2 Å². The van der Waals surface area contributed by atoms with E-state index in [0.29, 0.717) is 16.6 Å². The number of aliphatic hydroxyl groups excluding tert-OH is 1. The van der Waals surface area contributed by atoms with Crippen molar-refractivity contribution in [2.45, 2.75) is 19.5 Å². The third-order valence-electron chi connectivity index (χ3n) is 3.14. The van der Waals surface area contributed by atoms with Crippen molar-refractivity contribution in [3.05, 3.63) is 49.9 Å². The second-order valence-electron chi connectivity index (χ2n) is 5.13. The maximum absolute atomic E-state index is 11.9. The Labute approximate surface area is 148 Å². The van der Waals surface area contributed by atoms with Crippen LogP contribution < -0.4 is 16.6 Å². The molecule has 1 unspecified atom stereocenters. The highest BCUT2D eigenvalue weighted by molar-refractivity contribution is 6.42. The van der Waals surface area contributed by atoms with E-state index < -0.39 is 5.56 Å². The van der Waals surface area contributed by atoms with E-state index in [2.05, 4.69) is 20.3 Å². The van der Waals surface area contributed by atoms with Gasteiger partial charge in [-0.25, -0.2) is 4.98 Å². The molecule has 2 rings (SSSR count). The zero-order valence-corrected chi connectivity index (χ0v) is 14.4. The van der Waals surface area contributed by atoms with E-state index in [4.69, 9.17) is 34.0 Å². The molecule has 1 aromatic heterocycles. The lowest BCUT2D eigenvalue weighted by Crippen LogP contribution is -2.19. The molecule has 0 fully saturated rings. The molecule has 0 spiro atoms. The van der Waals surface area contributed by atoms with Gasteiger partial charge in [-0.2, -0.15) is 0 Å². The van der Waals surface area contributed by atoms with Crippen molar-refractivity contribution in [3.8, 4) is 0 Å². The predicted molar refractivity (Wildman–Crippen MR) is 97.2 cm³/mol. The standard InChI is InChI=1S/C15H17Cl2N5O2/c1-8(7-23)19-6-12-13(18)14(24)22-15(21-12)20-5-9-2-3-10(16)11(17)4-9/h2-4,6,8,23H,5,7,18H2,1H3,(H2,20,21,22,24). The highest BCUT2D eigenvalue weighted by Crippen LogP contribution is 2.22. The number of H-pyrrole nitrogens is 1. The number of halogens is 2. The summed E-state index contributed by atoms with van der Waals surface area (Å²) in [5.74, 6) is 0.248. The van der Waals surface area contributed by atoms with Gasteiger partial charge in [-0.15, -0.1) is 0 Å². The number of aliphatic imine (C=N–C) groups is 1. The molecular formula is C15H17Cl2N5O2. The van der Waals surface area contributed by atoms with Gasteiger partial charge >= 0.3 is 0 Å². The minimum Gasteiger partial charge on any atom is -0.394 e. The van der Waals surface area contributed by atoms with E-state index in [-0.39, 0.29) is 30.0 Å². The van der Waals surface area contributed by atoms with Crippen LogP contribution in [0.5, 0.6) is 0 Å². The Morgan fingerprint density at radius 3 is 2.88 bits per heavy atom. The van der Waals surface area contributed by atoms with Gasteiger partial charge in [0.15, 0.2) is 0 Å². The van der Waals surface area contributed by atoms with Gasteiger partial charge in [0.05, 0.1) is 22.7 Å². The zero-order chi connectivity index (χ0) is 17.7. The molecule has 0 aliphatic heterocycles. The number of nitrogens with two attached hydrogens (primary N) is 1. The van der Waals surface area contributed by atoms with Crippen molar-refractivity contribution in [1.29, 1.82) is 0 Å². The lowest BCUT2D eigenvalue weighted by molar-refractivity contribution is 0.275. The van der Waals surface area contributed by atoms with Crippen LogP contribution in [0.2, 0.25) is 10.0 Å². The van der Waals surface area contributed by atoms with Crippen LogP contribution in [0.15, 0.2) is 28.0 Å². The van der Waals surface area contributed by atoms with E-state index in [1.165, 1.54) is 6.21 Å². The smallest absolute Gasteiger partial charge is 0.276 e. The lowest BCUT2D eigenvalue weighted by atomic mass is 10.2. The second-order valence-corrected chi connectivity index (χ2v) is 5.94. The largest absolute Gasteiger partial charge is 0.394 e. The molecule has 5 N–H and O–H groups in total. The molecule has 0 amide bonds. The molecule has 1 atom stereocenters. The Kier molecular flexibility index (Phi) is 6.19. The molecule has 1 aromatic carbocycles. The van der Waals surface area contributed by atoms with E-state index in [1.807, 2.05) is 6.07 Å². The first-order valence-corrected chi connectivity index (χ1v) is 7.88. The molecule has 0 bridgehead atoms. The number of nitrogen functional groups attached to an aromatic ring is 1. The normalized spacial score (nSPS) is 12.5. The highest BCUT2D eigenvalue weighted by Gasteiger charge is 2.08. The minimum atomic E-state index is -0.472. The first-order chi connectivity index (χ1) is 11.4. The number of hydrogen-bond acceptors (Lipinski definition) is 6. The molecule has 9 heteroatoms. The van der Waals surface area contributed by atoms with Crippen molar-refractivity contribution >= 4 is 41.1 Å². The summed E-state index contributed by atoms with van der Waals surface area (Å²) in [5, 5.41) is 12.9. The number of nitrogens with zero attached hydrogens (tertiary/aromatic N) is 2. The minimum absolute atomic E-state index is 0.0380. The van der Waals surface area contributed by atoms with Gasteiger partial charge in [0.25, 0.3) is 5.56 Å². The fourth-order valence-corrected chi connectivity index (χ4v) is 2.08. The topological polar surface area (TPSA) is 116 Å². The molecule has 0 saturated carbocycles. The van der Waals surface area contributed by atoms with Gasteiger partial charge in [0.2, 0.25) is 5.95 Å². The number of benzene rings is 1. The summed E-state index contributed by atoms with van der Waals surface area (Å²) >= 11 is 11.8. The van der Waals surface area contributed by atoms with E-state index >= 15 is 0 Å². The summed E-state index contributed by atoms with van der Waals surface area (Å²) < 4.78 is 0.